The van der Waals surface area contributed by atoms with Gasteiger partial charge in [0.25, 0.3) is 5.91 Å². The van der Waals surface area contributed by atoms with E-state index in [1.54, 1.807) is 30.5 Å². The maximum atomic E-state index is 12.8. The predicted octanol–water partition coefficient (Wildman–Crippen LogP) is 5.86. The molecule has 1 fully saturated rings. The number of carbonyl (C=O) groups excluding carboxylic acids is 2. The third kappa shape index (κ3) is 5.55. The minimum atomic E-state index is -0.295. The van der Waals surface area contributed by atoms with Gasteiger partial charge < -0.3 is 20.9 Å². The summed E-state index contributed by atoms with van der Waals surface area (Å²) in [5.41, 5.74) is 4.84. The average molecular weight is 529 g/mol. The Kier molecular flexibility index (Phi) is 7.42. The molecule has 2 aromatic carbocycles. The molecular formula is C29H29ClN6O2. The molecule has 2 heterocycles. The van der Waals surface area contributed by atoms with E-state index in [9.17, 15) is 9.59 Å². The Balaban J connectivity index is 1.25. The topological polar surface area (TPSA) is 112 Å². The molecule has 5 rings (SSSR count). The molecule has 9 heteroatoms. The molecule has 38 heavy (non-hydrogen) atoms. The van der Waals surface area contributed by atoms with Gasteiger partial charge in [0, 0.05) is 45.5 Å². The summed E-state index contributed by atoms with van der Waals surface area (Å²) >= 11 is 6.54. The molecule has 1 saturated carbocycles. The highest BCUT2D eigenvalue weighted by molar-refractivity contribution is 6.33. The van der Waals surface area contributed by atoms with Crippen LogP contribution in [-0.2, 0) is 4.79 Å². The van der Waals surface area contributed by atoms with Gasteiger partial charge in [-0.3, -0.25) is 9.59 Å². The van der Waals surface area contributed by atoms with Gasteiger partial charge in [0.2, 0.25) is 11.9 Å². The van der Waals surface area contributed by atoms with Gasteiger partial charge in [-0.1, -0.05) is 36.4 Å². The van der Waals surface area contributed by atoms with Crippen LogP contribution in [-0.4, -0.2) is 38.8 Å². The number of carbonyl (C=O) groups is 2. The average Bonchev–Trinajstić information content (AvgIpc) is 3.25. The number of H-pyrrole nitrogens is 1. The lowest BCUT2D eigenvalue weighted by Gasteiger charge is -2.30. The number of aromatic amines is 1. The fraction of sp³-hybridized carbons (Fsp3) is 0.241. The molecule has 0 spiro atoms. The smallest absolute Gasteiger partial charge is 0.251 e. The first-order chi connectivity index (χ1) is 18.4. The first-order valence-electron chi connectivity index (χ1n) is 12.6. The molecule has 194 valence electrons. The van der Waals surface area contributed by atoms with E-state index in [1.807, 2.05) is 25.1 Å². The number of nitrogens with one attached hydrogen (secondary N) is 4. The molecule has 0 aliphatic heterocycles. The van der Waals surface area contributed by atoms with Crippen LogP contribution in [0, 0.1) is 6.92 Å². The van der Waals surface area contributed by atoms with E-state index < -0.39 is 0 Å². The summed E-state index contributed by atoms with van der Waals surface area (Å²) in [5.74, 6) is 0.0802. The largest absolute Gasteiger partial charge is 0.358 e. The Hall–Kier alpha value is -4.17. The maximum absolute atomic E-state index is 12.8. The van der Waals surface area contributed by atoms with Crippen LogP contribution in [0.5, 0.6) is 0 Å². The normalized spacial score (nSPS) is 17.1. The van der Waals surface area contributed by atoms with Crippen molar-refractivity contribution in [2.75, 3.05) is 10.6 Å². The van der Waals surface area contributed by atoms with Gasteiger partial charge in [-0.15, -0.1) is 0 Å². The van der Waals surface area contributed by atoms with Crippen LogP contribution < -0.4 is 16.0 Å². The molecule has 2 atom stereocenters. The van der Waals surface area contributed by atoms with E-state index in [-0.39, 0.29) is 23.9 Å². The Morgan fingerprint density at radius 1 is 1.11 bits per heavy atom. The lowest BCUT2D eigenvalue weighted by Crippen LogP contribution is -2.42. The van der Waals surface area contributed by atoms with E-state index in [0.29, 0.717) is 27.9 Å². The molecule has 2 amide bonds. The molecule has 0 saturated heterocycles. The maximum Gasteiger partial charge on any atom is 0.251 e. The highest BCUT2D eigenvalue weighted by Gasteiger charge is 2.25. The van der Waals surface area contributed by atoms with E-state index in [2.05, 4.69) is 38.6 Å². The second-order valence-corrected chi connectivity index (χ2v) is 9.92. The van der Waals surface area contributed by atoms with Gasteiger partial charge >= 0.3 is 0 Å². The van der Waals surface area contributed by atoms with E-state index in [1.165, 1.54) is 6.08 Å². The van der Waals surface area contributed by atoms with Gasteiger partial charge in [-0.2, -0.15) is 0 Å². The standard InChI is InChI=1S/C29H29ClN6O2/c1-3-25(37)33-19-13-11-18(12-14-19)28(38)34-20-7-6-8-21(15-20)35-29-31-16-23(30)27(36-29)26-17(2)32-24-10-5-4-9-22(24)26/h3-5,9-14,16,20-21,32H,1,6-8,15H2,2H3,(H,33,37)(H,34,38)(H,31,35,36)/t20-,21?/m0/s1. The number of fused-ring (bicyclic) bond motifs is 1. The molecule has 0 bridgehead atoms. The van der Waals surface area contributed by atoms with Crippen LogP contribution in [0.25, 0.3) is 22.2 Å². The summed E-state index contributed by atoms with van der Waals surface area (Å²) in [6.07, 6.45) is 6.42. The Morgan fingerprint density at radius 2 is 1.87 bits per heavy atom. The van der Waals surface area contributed by atoms with Crippen molar-refractivity contribution in [1.82, 2.24) is 20.3 Å². The fourth-order valence-corrected chi connectivity index (χ4v) is 5.18. The van der Waals surface area contributed by atoms with Gasteiger partial charge in [0.15, 0.2) is 0 Å². The number of hydrogen-bond donors (Lipinski definition) is 4. The summed E-state index contributed by atoms with van der Waals surface area (Å²) in [6, 6.07) is 15.0. The van der Waals surface area contributed by atoms with E-state index >= 15 is 0 Å². The Labute approximate surface area is 225 Å². The second kappa shape index (κ2) is 11.1. The van der Waals surface area contributed by atoms with Crippen molar-refractivity contribution in [3.8, 4) is 11.3 Å². The van der Waals surface area contributed by atoms with E-state index in [4.69, 9.17) is 16.6 Å². The number of aromatic nitrogens is 3. The van der Waals surface area contributed by atoms with Gasteiger partial charge in [0.1, 0.15) is 0 Å². The molecular weight excluding hydrogens is 500 g/mol. The Morgan fingerprint density at radius 3 is 2.66 bits per heavy atom. The highest BCUT2D eigenvalue weighted by Crippen LogP contribution is 2.35. The molecule has 8 nitrogen and oxygen atoms in total. The van der Waals surface area contributed by atoms with Crippen LogP contribution in [0.3, 0.4) is 0 Å². The first-order valence-corrected chi connectivity index (χ1v) is 13.0. The summed E-state index contributed by atoms with van der Waals surface area (Å²) in [6.45, 7) is 5.45. The number of anilines is 2. The predicted molar refractivity (Wildman–Crippen MR) is 151 cm³/mol. The van der Waals surface area contributed by atoms with Crippen LogP contribution in [0.1, 0.15) is 41.7 Å². The van der Waals surface area contributed by atoms with Gasteiger partial charge in [0.05, 0.1) is 16.9 Å². The zero-order valence-corrected chi connectivity index (χ0v) is 21.8. The number of aryl methyl sites for hydroxylation is 1. The monoisotopic (exact) mass is 528 g/mol. The summed E-state index contributed by atoms with van der Waals surface area (Å²) in [5, 5.41) is 10.8. The number of halogens is 1. The van der Waals surface area contributed by atoms with Crippen LogP contribution >= 0.6 is 11.6 Å². The number of hydrogen-bond acceptors (Lipinski definition) is 5. The van der Waals surface area contributed by atoms with Crippen molar-refractivity contribution in [1.29, 1.82) is 0 Å². The molecule has 4 N–H and O–H groups in total. The summed E-state index contributed by atoms with van der Waals surface area (Å²) in [4.78, 5) is 36.9. The van der Waals surface area contributed by atoms with Crippen molar-refractivity contribution in [3.05, 3.63) is 83.7 Å². The van der Waals surface area contributed by atoms with Crippen LogP contribution in [0.2, 0.25) is 5.02 Å². The third-order valence-electron chi connectivity index (χ3n) is 6.82. The van der Waals surface area contributed by atoms with Crippen molar-refractivity contribution in [3.63, 3.8) is 0 Å². The second-order valence-electron chi connectivity index (χ2n) is 9.51. The van der Waals surface area contributed by atoms with Crippen molar-refractivity contribution >= 4 is 46.0 Å². The molecule has 1 aliphatic rings. The number of amides is 2. The lowest BCUT2D eigenvalue weighted by atomic mass is 9.91. The first kappa shape index (κ1) is 25.5. The molecule has 1 aliphatic carbocycles. The van der Waals surface area contributed by atoms with Crippen molar-refractivity contribution in [2.24, 2.45) is 0 Å². The quantitative estimate of drug-likeness (QED) is 0.224. The van der Waals surface area contributed by atoms with Gasteiger partial charge in [-0.25, -0.2) is 9.97 Å². The fourth-order valence-electron chi connectivity index (χ4n) is 5.00. The van der Waals surface area contributed by atoms with E-state index in [0.717, 1.165) is 47.8 Å². The summed E-state index contributed by atoms with van der Waals surface area (Å²) in [7, 11) is 0. The number of para-hydroxylation sites is 1. The zero-order chi connectivity index (χ0) is 26.6. The van der Waals surface area contributed by atoms with Crippen LogP contribution in [0.15, 0.2) is 67.4 Å². The van der Waals surface area contributed by atoms with Crippen molar-refractivity contribution < 1.29 is 9.59 Å². The zero-order valence-electron chi connectivity index (χ0n) is 21.1. The summed E-state index contributed by atoms with van der Waals surface area (Å²) < 4.78 is 0. The number of nitrogens with zero attached hydrogens (tertiary/aromatic N) is 2. The molecule has 0 radical (unpaired) electrons. The SMILES string of the molecule is C=CC(=O)Nc1ccc(C(=O)N[C@H]2CCCC(Nc3ncc(Cl)c(-c4c(C)[nH]c5ccccc45)n3)C2)cc1. The number of benzene rings is 2. The molecule has 1 unspecified atom stereocenters. The van der Waals surface area contributed by atoms with Gasteiger partial charge in [-0.05, 0) is 69.0 Å². The number of rotatable bonds is 7. The lowest BCUT2D eigenvalue weighted by molar-refractivity contribution is -0.111. The van der Waals surface area contributed by atoms with Crippen LogP contribution in [0.4, 0.5) is 11.6 Å². The third-order valence-corrected chi connectivity index (χ3v) is 7.09. The van der Waals surface area contributed by atoms with Crippen molar-refractivity contribution in [2.45, 2.75) is 44.7 Å². The highest BCUT2D eigenvalue weighted by atomic mass is 35.5. The molecule has 2 aromatic heterocycles. The Bertz CT molecular complexity index is 1500. The minimum Gasteiger partial charge on any atom is -0.358 e. The minimum absolute atomic E-state index is 0.0246. The molecule has 4 aromatic rings.